The van der Waals surface area contributed by atoms with Gasteiger partial charge >= 0.3 is 0 Å². The molecule has 0 N–H and O–H groups in total. The van der Waals surface area contributed by atoms with Crippen LogP contribution in [0, 0.1) is 0 Å². The van der Waals surface area contributed by atoms with E-state index in [-0.39, 0.29) is 0 Å². The molecule has 0 saturated carbocycles. The Balaban J connectivity index is 0.000000138. The summed E-state index contributed by atoms with van der Waals surface area (Å²) in [6.45, 7) is 0.705. The molecule has 3 rings (SSSR count). The summed E-state index contributed by atoms with van der Waals surface area (Å²) in [6.07, 6.45) is 8.97. The van der Waals surface area contributed by atoms with Crippen LogP contribution in [0.5, 0.6) is 5.75 Å². The fourth-order valence-corrected chi connectivity index (χ4v) is 1.32. The van der Waals surface area contributed by atoms with Crippen molar-refractivity contribution in [3.63, 3.8) is 0 Å². The predicted molar refractivity (Wildman–Crippen MR) is 63.0 cm³/mol. The second-order valence-corrected chi connectivity index (χ2v) is 3.16. The summed E-state index contributed by atoms with van der Waals surface area (Å²) in [5.74, 6) is 0.991. The third kappa shape index (κ3) is 2.92. The van der Waals surface area contributed by atoms with Crippen LogP contribution in [-0.2, 0) is 0 Å². The van der Waals surface area contributed by atoms with E-state index < -0.39 is 0 Å². The highest BCUT2D eigenvalue weighted by Crippen LogP contribution is 2.21. The summed E-state index contributed by atoms with van der Waals surface area (Å²) in [5, 5.41) is 0. The zero-order chi connectivity index (χ0) is 11.1. The van der Waals surface area contributed by atoms with E-state index in [9.17, 15) is 0 Å². The Morgan fingerprint density at radius 1 is 1.00 bits per heavy atom. The zero-order valence-electron chi connectivity index (χ0n) is 8.78. The number of benzene rings is 1. The first-order valence-electron chi connectivity index (χ1n) is 5.05. The lowest BCUT2D eigenvalue weighted by Crippen LogP contribution is -1.98. The van der Waals surface area contributed by atoms with Gasteiger partial charge in [0.2, 0.25) is 0 Å². The van der Waals surface area contributed by atoms with E-state index in [4.69, 9.17) is 4.74 Å². The van der Waals surface area contributed by atoms with Crippen molar-refractivity contribution in [2.75, 3.05) is 6.61 Å². The van der Waals surface area contributed by atoms with E-state index in [1.165, 1.54) is 11.9 Å². The minimum atomic E-state index is 0.705. The number of rotatable bonds is 0. The van der Waals surface area contributed by atoms with E-state index in [1.54, 1.807) is 18.5 Å². The van der Waals surface area contributed by atoms with Crippen LogP contribution in [-0.4, -0.2) is 16.6 Å². The highest BCUT2D eigenvalue weighted by molar-refractivity contribution is 5.58. The van der Waals surface area contributed by atoms with Crippen LogP contribution in [0.2, 0.25) is 0 Å². The quantitative estimate of drug-likeness (QED) is 0.673. The SMILES string of the molecule is C1=Cc2ccccc2OC1.c1cncnc1. The van der Waals surface area contributed by atoms with Crippen molar-refractivity contribution in [2.24, 2.45) is 0 Å². The van der Waals surface area contributed by atoms with Crippen molar-refractivity contribution < 1.29 is 4.74 Å². The summed E-state index contributed by atoms with van der Waals surface area (Å²) < 4.78 is 5.34. The number of hydrogen-bond donors (Lipinski definition) is 0. The van der Waals surface area contributed by atoms with Crippen molar-refractivity contribution in [3.05, 3.63) is 60.7 Å². The maximum atomic E-state index is 5.34. The summed E-state index contributed by atoms with van der Waals surface area (Å²) in [6, 6.07) is 9.81. The lowest BCUT2D eigenvalue weighted by Gasteiger charge is -2.10. The fourth-order valence-electron chi connectivity index (χ4n) is 1.32. The molecule has 0 fully saturated rings. The van der Waals surface area contributed by atoms with Gasteiger partial charge in [0.1, 0.15) is 18.7 Å². The van der Waals surface area contributed by atoms with Crippen molar-refractivity contribution in [2.45, 2.75) is 0 Å². The molecule has 0 atom stereocenters. The van der Waals surface area contributed by atoms with E-state index in [0.29, 0.717) is 6.61 Å². The van der Waals surface area contributed by atoms with Gasteiger partial charge in [0.25, 0.3) is 0 Å². The van der Waals surface area contributed by atoms with E-state index in [0.717, 1.165) is 5.75 Å². The first-order valence-corrected chi connectivity index (χ1v) is 5.05. The summed E-state index contributed by atoms with van der Waals surface area (Å²) >= 11 is 0. The molecule has 0 spiro atoms. The lowest BCUT2D eigenvalue weighted by molar-refractivity contribution is 0.358. The molecule has 3 heteroatoms. The third-order valence-corrected chi connectivity index (χ3v) is 2.03. The highest BCUT2D eigenvalue weighted by Gasteiger charge is 2.01. The van der Waals surface area contributed by atoms with Gasteiger partial charge in [-0.05, 0) is 18.2 Å². The van der Waals surface area contributed by atoms with E-state index in [1.807, 2.05) is 30.3 Å². The van der Waals surface area contributed by atoms with Crippen LogP contribution in [0.15, 0.2) is 55.1 Å². The topological polar surface area (TPSA) is 35.0 Å². The lowest BCUT2D eigenvalue weighted by atomic mass is 10.1. The number of ether oxygens (including phenoxy) is 1. The van der Waals surface area contributed by atoms with Gasteiger partial charge in [-0.3, -0.25) is 0 Å². The summed E-state index contributed by atoms with van der Waals surface area (Å²) in [5.41, 5.74) is 1.17. The summed E-state index contributed by atoms with van der Waals surface area (Å²) in [4.78, 5) is 7.35. The first-order chi connectivity index (χ1) is 7.97. The van der Waals surface area contributed by atoms with Gasteiger partial charge in [-0.1, -0.05) is 24.3 Å². The Morgan fingerprint density at radius 3 is 2.44 bits per heavy atom. The average Bonchev–Trinajstić information content (AvgIpc) is 2.42. The highest BCUT2D eigenvalue weighted by atomic mass is 16.5. The second-order valence-electron chi connectivity index (χ2n) is 3.16. The van der Waals surface area contributed by atoms with Crippen LogP contribution in [0.4, 0.5) is 0 Å². The minimum absolute atomic E-state index is 0.705. The monoisotopic (exact) mass is 212 g/mol. The normalized spacial score (nSPS) is 11.8. The largest absolute Gasteiger partial charge is 0.489 e. The van der Waals surface area contributed by atoms with Crippen LogP contribution in [0.3, 0.4) is 0 Å². The van der Waals surface area contributed by atoms with Crippen LogP contribution in [0.1, 0.15) is 5.56 Å². The maximum absolute atomic E-state index is 5.34. The molecule has 0 amide bonds. The molecule has 3 nitrogen and oxygen atoms in total. The molecule has 80 valence electrons. The van der Waals surface area contributed by atoms with Crippen molar-refractivity contribution >= 4 is 6.08 Å². The zero-order valence-corrected chi connectivity index (χ0v) is 8.78. The van der Waals surface area contributed by atoms with Crippen molar-refractivity contribution in [1.82, 2.24) is 9.97 Å². The number of hydrogen-bond acceptors (Lipinski definition) is 3. The smallest absolute Gasteiger partial charge is 0.126 e. The molecule has 0 aliphatic carbocycles. The van der Waals surface area contributed by atoms with Crippen molar-refractivity contribution in [1.29, 1.82) is 0 Å². The van der Waals surface area contributed by atoms with Gasteiger partial charge in [0, 0.05) is 18.0 Å². The number of para-hydroxylation sites is 1. The molecular weight excluding hydrogens is 200 g/mol. The van der Waals surface area contributed by atoms with Gasteiger partial charge in [-0.15, -0.1) is 0 Å². The van der Waals surface area contributed by atoms with Gasteiger partial charge in [-0.25, -0.2) is 9.97 Å². The van der Waals surface area contributed by atoms with Crippen molar-refractivity contribution in [3.8, 4) is 5.75 Å². The Kier molecular flexibility index (Phi) is 3.66. The molecule has 2 aromatic rings. The van der Waals surface area contributed by atoms with Crippen LogP contribution >= 0.6 is 0 Å². The molecule has 0 radical (unpaired) electrons. The Bertz CT molecular complexity index is 428. The van der Waals surface area contributed by atoms with E-state index >= 15 is 0 Å². The minimum Gasteiger partial charge on any atom is -0.489 e. The number of fused-ring (bicyclic) bond motifs is 1. The van der Waals surface area contributed by atoms with Crippen LogP contribution in [0.25, 0.3) is 6.08 Å². The first kappa shape index (κ1) is 10.4. The molecule has 0 saturated heterocycles. The summed E-state index contributed by atoms with van der Waals surface area (Å²) in [7, 11) is 0. The van der Waals surface area contributed by atoms with Gasteiger partial charge < -0.3 is 4.74 Å². The molecule has 0 unspecified atom stereocenters. The molecular formula is C13H12N2O. The molecule has 1 aliphatic heterocycles. The van der Waals surface area contributed by atoms with Crippen LogP contribution < -0.4 is 4.74 Å². The fraction of sp³-hybridized carbons (Fsp3) is 0.0769. The molecule has 1 aliphatic rings. The predicted octanol–water partition coefficient (Wildman–Crippen LogP) is 2.57. The molecule has 1 aromatic heterocycles. The molecule has 16 heavy (non-hydrogen) atoms. The Hall–Kier alpha value is -2.16. The van der Waals surface area contributed by atoms with Gasteiger partial charge in [-0.2, -0.15) is 0 Å². The third-order valence-electron chi connectivity index (χ3n) is 2.03. The Labute approximate surface area is 94.4 Å². The number of nitrogens with zero attached hydrogens (tertiary/aromatic N) is 2. The molecule has 0 bridgehead atoms. The number of aromatic nitrogens is 2. The molecule has 1 aromatic carbocycles. The second kappa shape index (κ2) is 5.66. The van der Waals surface area contributed by atoms with Gasteiger partial charge in [0.05, 0.1) is 0 Å². The maximum Gasteiger partial charge on any atom is 0.126 e. The van der Waals surface area contributed by atoms with E-state index in [2.05, 4.69) is 16.0 Å². The molecule has 2 heterocycles. The average molecular weight is 212 g/mol. The standard InChI is InChI=1S/C9H8O.C4H4N2/c1-2-6-9-8(4-1)5-3-7-10-9;1-2-5-4-6-3-1/h1-6H,7H2;1-4H. The Morgan fingerprint density at radius 2 is 1.81 bits per heavy atom. The van der Waals surface area contributed by atoms with Gasteiger partial charge in [0.15, 0.2) is 0 Å².